The SMILES string of the molecule is C/C=[C]/CCCCCCCCC. The van der Waals surface area contributed by atoms with E-state index in [9.17, 15) is 0 Å². The van der Waals surface area contributed by atoms with Gasteiger partial charge in [-0.3, -0.25) is 0 Å². The van der Waals surface area contributed by atoms with Gasteiger partial charge in [-0.05, 0) is 25.8 Å². The summed E-state index contributed by atoms with van der Waals surface area (Å²) in [6.07, 6.45) is 16.2. The molecule has 0 saturated carbocycles. The Labute approximate surface area is 78.1 Å². The van der Waals surface area contributed by atoms with Crippen molar-refractivity contribution in [1.29, 1.82) is 0 Å². The molecule has 0 bridgehead atoms. The Morgan fingerprint density at radius 3 is 2.08 bits per heavy atom. The fraction of sp³-hybridized carbons (Fsp3) is 0.833. The zero-order chi connectivity index (χ0) is 9.07. The molecule has 1 radical (unpaired) electrons. The molecule has 0 aliphatic carbocycles. The molecule has 0 spiro atoms. The number of hydrogen-bond donors (Lipinski definition) is 0. The third-order valence-corrected chi connectivity index (χ3v) is 2.13. The van der Waals surface area contributed by atoms with Crippen LogP contribution in [0.2, 0.25) is 0 Å². The first kappa shape index (κ1) is 11.7. The summed E-state index contributed by atoms with van der Waals surface area (Å²) in [7, 11) is 0. The van der Waals surface area contributed by atoms with E-state index >= 15 is 0 Å². The van der Waals surface area contributed by atoms with E-state index in [1.807, 2.05) is 13.0 Å². The second-order valence-corrected chi connectivity index (χ2v) is 3.36. The highest BCUT2D eigenvalue weighted by Gasteiger charge is 1.88. The van der Waals surface area contributed by atoms with Crippen LogP contribution < -0.4 is 0 Å². The average molecular weight is 167 g/mol. The second kappa shape index (κ2) is 10.7. The van der Waals surface area contributed by atoms with Gasteiger partial charge in [-0.25, -0.2) is 0 Å². The lowest BCUT2D eigenvalue weighted by Gasteiger charge is -1.98. The molecule has 0 heteroatoms. The molecule has 0 saturated heterocycles. The van der Waals surface area contributed by atoms with Crippen molar-refractivity contribution >= 4 is 0 Å². The molecule has 0 aromatic carbocycles. The van der Waals surface area contributed by atoms with Crippen molar-refractivity contribution in [1.82, 2.24) is 0 Å². The summed E-state index contributed by atoms with van der Waals surface area (Å²) >= 11 is 0. The van der Waals surface area contributed by atoms with E-state index in [1.54, 1.807) is 0 Å². The smallest absolute Gasteiger partial charge is 0.0280 e. The average Bonchev–Trinajstić information content (AvgIpc) is 2.10. The molecule has 0 unspecified atom stereocenters. The first-order valence-electron chi connectivity index (χ1n) is 5.43. The van der Waals surface area contributed by atoms with Crippen molar-refractivity contribution in [3.8, 4) is 0 Å². The highest BCUT2D eigenvalue weighted by Crippen LogP contribution is 2.08. The molecular weight excluding hydrogens is 144 g/mol. The third kappa shape index (κ3) is 9.74. The molecule has 0 aromatic rings. The molecule has 0 rings (SSSR count). The van der Waals surface area contributed by atoms with Crippen LogP contribution >= 0.6 is 0 Å². The summed E-state index contributed by atoms with van der Waals surface area (Å²) in [4.78, 5) is 0. The van der Waals surface area contributed by atoms with Gasteiger partial charge in [-0.1, -0.05) is 51.5 Å². The van der Waals surface area contributed by atoms with E-state index in [-0.39, 0.29) is 0 Å². The van der Waals surface area contributed by atoms with Crippen molar-refractivity contribution in [2.45, 2.75) is 65.2 Å². The molecule has 71 valence electrons. The lowest BCUT2D eigenvalue weighted by atomic mass is 10.1. The maximum atomic E-state index is 3.23. The Morgan fingerprint density at radius 2 is 1.50 bits per heavy atom. The predicted octanol–water partition coefficient (Wildman–Crippen LogP) is 4.51. The van der Waals surface area contributed by atoms with Crippen LogP contribution in [0.15, 0.2) is 6.08 Å². The summed E-state index contributed by atoms with van der Waals surface area (Å²) in [5.74, 6) is 0. The van der Waals surface area contributed by atoms with Crippen molar-refractivity contribution in [3.05, 3.63) is 12.2 Å². The van der Waals surface area contributed by atoms with E-state index < -0.39 is 0 Å². The zero-order valence-electron chi connectivity index (χ0n) is 8.73. The number of rotatable bonds is 8. The van der Waals surface area contributed by atoms with E-state index in [2.05, 4.69) is 13.0 Å². The zero-order valence-corrected chi connectivity index (χ0v) is 8.73. The van der Waals surface area contributed by atoms with Gasteiger partial charge < -0.3 is 0 Å². The van der Waals surface area contributed by atoms with Crippen LogP contribution in [-0.2, 0) is 0 Å². The summed E-state index contributed by atoms with van der Waals surface area (Å²) in [5.41, 5.74) is 0. The highest BCUT2D eigenvalue weighted by molar-refractivity contribution is 4.66. The number of allylic oxidation sites excluding steroid dienone is 2. The summed E-state index contributed by atoms with van der Waals surface area (Å²) in [5, 5.41) is 0. The van der Waals surface area contributed by atoms with Crippen molar-refractivity contribution in [2.75, 3.05) is 0 Å². The lowest BCUT2D eigenvalue weighted by Crippen LogP contribution is -1.78. The standard InChI is InChI=1S/C12H23/c1-3-5-7-9-11-12-10-8-6-4-2/h3H,4,6-12H2,1-2H3. The molecule has 0 aliphatic rings. The van der Waals surface area contributed by atoms with Gasteiger partial charge in [0.25, 0.3) is 0 Å². The van der Waals surface area contributed by atoms with Gasteiger partial charge >= 0.3 is 0 Å². The summed E-state index contributed by atoms with van der Waals surface area (Å²) in [6.45, 7) is 4.31. The molecular formula is C12H23. The number of unbranched alkanes of at least 4 members (excludes halogenated alkanes) is 7. The molecule has 0 aliphatic heterocycles. The first-order chi connectivity index (χ1) is 5.91. The Balaban J connectivity index is 2.81. The minimum absolute atomic E-state index is 1.16. The van der Waals surface area contributed by atoms with Gasteiger partial charge in [-0.2, -0.15) is 0 Å². The quantitative estimate of drug-likeness (QED) is 0.467. The molecule has 0 fully saturated rings. The Morgan fingerprint density at radius 1 is 0.917 bits per heavy atom. The Kier molecular flexibility index (Phi) is 10.5. The summed E-state index contributed by atoms with van der Waals surface area (Å²) in [6, 6.07) is 0. The Bertz CT molecular complexity index is 92.2. The van der Waals surface area contributed by atoms with Gasteiger partial charge in [0.15, 0.2) is 0 Å². The van der Waals surface area contributed by atoms with Crippen LogP contribution in [0.1, 0.15) is 65.2 Å². The van der Waals surface area contributed by atoms with Crippen LogP contribution in [0.3, 0.4) is 0 Å². The lowest BCUT2D eigenvalue weighted by molar-refractivity contribution is 0.590. The minimum atomic E-state index is 1.16. The van der Waals surface area contributed by atoms with Gasteiger partial charge in [0.05, 0.1) is 0 Å². The molecule has 0 nitrogen and oxygen atoms in total. The second-order valence-electron chi connectivity index (χ2n) is 3.36. The summed E-state index contributed by atoms with van der Waals surface area (Å²) < 4.78 is 0. The monoisotopic (exact) mass is 167 g/mol. The molecule has 0 N–H and O–H groups in total. The molecule has 12 heavy (non-hydrogen) atoms. The van der Waals surface area contributed by atoms with Crippen molar-refractivity contribution in [3.63, 3.8) is 0 Å². The van der Waals surface area contributed by atoms with Crippen LogP contribution in [0.4, 0.5) is 0 Å². The van der Waals surface area contributed by atoms with Crippen LogP contribution in [0, 0.1) is 6.08 Å². The normalized spacial score (nSPS) is 11.2. The van der Waals surface area contributed by atoms with Gasteiger partial charge in [0, 0.05) is 0 Å². The fourth-order valence-electron chi connectivity index (χ4n) is 1.33. The fourth-order valence-corrected chi connectivity index (χ4v) is 1.33. The molecule has 0 aromatic heterocycles. The van der Waals surface area contributed by atoms with Crippen LogP contribution in [-0.4, -0.2) is 0 Å². The molecule has 0 amide bonds. The molecule has 0 atom stereocenters. The first-order valence-corrected chi connectivity index (χ1v) is 5.43. The van der Waals surface area contributed by atoms with E-state index in [0.717, 1.165) is 6.42 Å². The van der Waals surface area contributed by atoms with Crippen molar-refractivity contribution < 1.29 is 0 Å². The topological polar surface area (TPSA) is 0 Å². The maximum Gasteiger partial charge on any atom is -0.0280 e. The molecule has 0 heterocycles. The van der Waals surface area contributed by atoms with E-state index in [0.29, 0.717) is 0 Å². The van der Waals surface area contributed by atoms with Crippen LogP contribution in [0.25, 0.3) is 0 Å². The predicted molar refractivity (Wildman–Crippen MR) is 56.1 cm³/mol. The van der Waals surface area contributed by atoms with Gasteiger partial charge in [-0.15, -0.1) is 0 Å². The largest absolute Gasteiger partial charge is 0.0842 e. The number of hydrogen-bond acceptors (Lipinski definition) is 0. The van der Waals surface area contributed by atoms with Gasteiger partial charge in [0.1, 0.15) is 0 Å². The minimum Gasteiger partial charge on any atom is -0.0842 e. The van der Waals surface area contributed by atoms with Crippen LogP contribution in [0.5, 0.6) is 0 Å². The van der Waals surface area contributed by atoms with Gasteiger partial charge in [0.2, 0.25) is 0 Å². The van der Waals surface area contributed by atoms with Crippen molar-refractivity contribution in [2.24, 2.45) is 0 Å². The Hall–Kier alpha value is -0.260. The highest BCUT2D eigenvalue weighted by atomic mass is 13.9. The van der Waals surface area contributed by atoms with E-state index in [1.165, 1.54) is 44.9 Å². The third-order valence-electron chi connectivity index (χ3n) is 2.13. The maximum absolute atomic E-state index is 3.23. The van der Waals surface area contributed by atoms with E-state index in [4.69, 9.17) is 0 Å².